The van der Waals surface area contributed by atoms with Crippen molar-refractivity contribution >= 4 is 11.3 Å². The average molecular weight is 195 g/mol. The number of rotatable bonds is 1. The number of nitrogens with two attached hydrogens (primary N) is 1. The molecule has 1 nitrogen and oxygen atoms in total. The molecule has 0 unspecified atom stereocenters. The van der Waals surface area contributed by atoms with Gasteiger partial charge >= 0.3 is 6.18 Å². The van der Waals surface area contributed by atoms with Crippen LogP contribution in [0.5, 0.6) is 0 Å². The van der Waals surface area contributed by atoms with Crippen molar-refractivity contribution < 1.29 is 13.2 Å². The summed E-state index contributed by atoms with van der Waals surface area (Å²) in [5.74, 6) is 0. The van der Waals surface area contributed by atoms with Crippen LogP contribution in [0.25, 0.3) is 0 Å². The quantitative estimate of drug-likeness (QED) is 0.732. The lowest BCUT2D eigenvalue weighted by atomic mass is 10.1. The minimum absolute atomic E-state index is 0.174. The first-order chi connectivity index (χ1) is 5.43. The zero-order valence-electron chi connectivity index (χ0n) is 6.35. The van der Waals surface area contributed by atoms with Crippen LogP contribution in [0.2, 0.25) is 0 Å². The molecule has 0 amide bonds. The molecule has 0 aromatic carbocycles. The molecule has 0 saturated carbocycles. The zero-order chi connectivity index (χ0) is 9.35. The van der Waals surface area contributed by atoms with Crippen LogP contribution in [0.4, 0.5) is 13.2 Å². The summed E-state index contributed by atoms with van der Waals surface area (Å²) >= 11 is 1.02. The minimum Gasteiger partial charge on any atom is -0.324 e. The van der Waals surface area contributed by atoms with Crippen LogP contribution < -0.4 is 5.73 Å². The van der Waals surface area contributed by atoms with E-state index in [4.69, 9.17) is 5.73 Å². The average Bonchev–Trinajstić information content (AvgIpc) is 2.30. The summed E-state index contributed by atoms with van der Waals surface area (Å²) in [7, 11) is 0. The Hall–Kier alpha value is -0.550. The maximum Gasteiger partial charge on any atom is 0.417 e. The standard InChI is InChI=1S/C7H8F3NS/c1-4(11)5-2-12-3-6(5)7(8,9)10/h2-4H,11H2,1H3/t4-/m1/s1. The highest BCUT2D eigenvalue weighted by molar-refractivity contribution is 7.08. The Morgan fingerprint density at radius 1 is 1.42 bits per heavy atom. The van der Waals surface area contributed by atoms with Gasteiger partial charge in [-0.2, -0.15) is 24.5 Å². The van der Waals surface area contributed by atoms with E-state index in [1.165, 1.54) is 12.3 Å². The van der Waals surface area contributed by atoms with Gasteiger partial charge in [0.2, 0.25) is 0 Å². The first kappa shape index (κ1) is 9.54. The van der Waals surface area contributed by atoms with E-state index in [2.05, 4.69) is 0 Å². The third-order valence-corrected chi connectivity index (χ3v) is 2.25. The van der Waals surface area contributed by atoms with E-state index in [1.807, 2.05) is 0 Å². The molecule has 0 saturated heterocycles. The van der Waals surface area contributed by atoms with Crippen molar-refractivity contribution in [2.24, 2.45) is 5.73 Å². The number of hydrogen-bond acceptors (Lipinski definition) is 2. The topological polar surface area (TPSA) is 26.0 Å². The summed E-state index contributed by atoms with van der Waals surface area (Å²) in [6, 6.07) is -0.562. The third-order valence-electron chi connectivity index (χ3n) is 1.49. The summed E-state index contributed by atoms with van der Waals surface area (Å²) < 4.78 is 36.6. The molecule has 1 aromatic heterocycles. The van der Waals surface area contributed by atoms with E-state index in [-0.39, 0.29) is 5.56 Å². The van der Waals surface area contributed by atoms with Crippen molar-refractivity contribution in [1.29, 1.82) is 0 Å². The van der Waals surface area contributed by atoms with Gasteiger partial charge in [-0.05, 0) is 17.9 Å². The van der Waals surface area contributed by atoms with Gasteiger partial charge in [-0.3, -0.25) is 0 Å². The predicted octanol–water partition coefficient (Wildman–Crippen LogP) is 2.79. The van der Waals surface area contributed by atoms with Crippen molar-refractivity contribution in [3.8, 4) is 0 Å². The summed E-state index contributed by atoms with van der Waals surface area (Å²) in [6.07, 6.45) is -4.27. The Labute approximate surface area is 72.0 Å². The molecule has 0 spiro atoms. The number of halogens is 3. The van der Waals surface area contributed by atoms with Crippen molar-refractivity contribution in [3.63, 3.8) is 0 Å². The minimum atomic E-state index is -4.27. The second-order valence-electron chi connectivity index (χ2n) is 2.53. The maximum absolute atomic E-state index is 12.2. The number of hydrogen-bond donors (Lipinski definition) is 1. The maximum atomic E-state index is 12.2. The highest BCUT2D eigenvalue weighted by Gasteiger charge is 2.34. The van der Waals surface area contributed by atoms with Crippen molar-refractivity contribution in [2.45, 2.75) is 19.1 Å². The lowest BCUT2D eigenvalue weighted by Crippen LogP contribution is -2.12. The van der Waals surface area contributed by atoms with Gasteiger partial charge < -0.3 is 5.73 Å². The fourth-order valence-electron chi connectivity index (χ4n) is 0.890. The largest absolute Gasteiger partial charge is 0.417 e. The molecule has 0 radical (unpaired) electrons. The molecule has 1 rings (SSSR count). The van der Waals surface area contributed by atoms with E-state index in [0.29, 0.717) is 0 Å². The molecule has 1 heterocycles. The number of thiophene rings is 1. The van der Waals surface area contributed by atoms with E-state index in [0.717, 1.165) is 16.7 Å². The fourth-order valence-corrected chi connectivity index (χ4v) is 1.85. The second-order valence-corrected chi connectivity index (χ2v) is 3.27. The van der Waals surface area contributed by atoms with Crippen LogP contribution in [-0.4, -0.2) is 0 Å². The van der Waals surface area contributed by atoms with E-state index < -0.39 is 17.8 Å². The van der Waals surface area contributed by atoms with E-state index >= 15 is 0 Å². The fraction of sp³-hybridized carbons (Fsp3) is 0.429. The molecule has 0 fully saturated rings. The molecule has 2 N–H and O–H groups in total. The van der Waals surface area contributed by atoms with Crippen molar-refractivity contribution in [1.82, 2.24) is 0 Å². The Morgan fingerprint density at radius 2 is 2.00 bits per heavy atom. The van der Waals surface area contributed by atoms with Gasteiger partial charge in [0, 0.05) is 11.4 Å². The Balaban J connectivity index is 3.08. The van der Waals surface area contributed by atoms with Crippen molar-refractivity contribution in [2.75, 3.05) is 0 Å². The van der Waals surface area contributed by atoms with Crippen LogP contribution in [0, 0.1) is 0 Å². The van der Waals surface area contributed by atoms with Gasteiger partial charge in [-0.15, -0.1) is 0 Å². The SMILES string of the molecule is C[C@@H](N)c1cscc1C(F)(F)F. The van der Waals surface area contributed by atoms with Crippen LogP contribution in [0.3, 0.4) is 0 Å². The smallest absolute Gasteiger partial charge is 0.324 e. The molecule has 12 heavy (non-hydrogen) atoms. The van der Waals surface area contributed by atoms with E-state index in [9.17, 15) is 13.2 Å². The number of alkyl halides is 3. The van der Waals surface area contributed by atoms with Gasteiger partial charge in [-0.25, -0.2) is 0 Å². The highest BCUT2D eigenvalue weighted by Crippen LogP contribution is 2.36. The molecule has 0 bridgehead atoms. The summed E-state index contributed by atoms with van der Waals surface area (Å²) in [4.78, 5) is 0. The van der Waals surface area contributed by atoms with Gasteiger partial charge in [-0.1, -0.05) is 0 Å². The summed E-state index contributed by atoms with van der Waals surface area (Å²) in [6.45, 7) is 1.54. The van der Waals surface area contributed by atoms with Crippen LogP contribution in [0.1, 0.15) is 24.1 Å². The molecule has 1 atom stereocenters. The molecular formula is C7H8F3NS. The first-order valence-corrected chi connectivity index (χ1v) is 4.26. The Bertz CT molecular complexity index is 264. The Morgan fingerprint density at radius 3 is 2.33 bits per heavy atom. The van der Waals surface area contributed by atoms with Gasteiger partial charge in [0.15, 0.2) is 0 Å². The molecule has 0 aliphatic carbocycles. The summed E-state index contributed by atoms with van der Waals surface area (Å²) in [5.41, 5.74) is 4.93. The Kier molecular flexibility index (Phi) is 2.44. The van der Waals surface area contributed by atoms with Crippen LogP contribution in [-0.2, 0) is 6.18 Å². The molecule has 1 aromatic rings. The van der Waals surface area contributed by atoms with Gasteiger partial charge in [0.1, 0.15) is 0 Å². The lowest BCUT2D eigenvalue weighted by molar-refractivity contribution is -0.138. The van der Waals surface area contributed by atoms with Crippen LogP contribution >= 0.6 is 11.3 Å². The van der Waals surface area contributed by atoms with Gasteiger partial charge in [0.05, 0.1) is 5.56 Å². The predicted molar refractivity (Wildman–Crippen MR) is 41.9 cm³/mol. The molecule has 0 aliphatic rings. The van der Waals surface area contributed by atoms with Crippen LogP contribution in [0.15, 0.2) is 10.8 Å². The molecule has 5 heteroatoms. The molecule has 0 aliphatic heterocycles. The first-order valence-electron chi connectivity index (χ1n) is 3.32. The van der Waals surface area contributed by atoms with Crippen molar-refractivity contribution in [3.05, 3.63) is 21.9 Å². The second kappa shape index (κ2) is 3.06. The normalized spacial score (nSPS) is 14.8. The van der Waals surface area contributed by atoms with E-state index in [1.54, 1.807) is 0 Å². The highest BCUT2D eigenvalue weighted by atomic mass is 32.1. The molecule has 68 valence electrons. The lowest BCUT2D eigenvalue weighted by Gasteiger charge is -2.09. The third kappa shape index (κ3) is 1.78. The molecular weight excluding hydrogens is 187 g/mol. The summed E-state index contributed by atoms with van der Waals surface area (Å²) in [5, 5.41) is 2.52. The van der Waals surface area contributed by atoms with Gasteiger partial charge in [0.25, 0.3) is 0 Å². The zero-order valence-corrected chi connectivity index (χ0v) is 7.17. The monoisotopic (exact) mass is 195 g/mol.